The zero-order chi connectivity index (χ0) is 23.6. The second-order valence-corrected chi connectivity index (χ2v) is 10.1. The topological polar surface area (TPSA) is 59.1 Å². The van der Waals surface area contributed by atoms with Crippen LogP contribution in [-0.2, 0) is 26.2 Å². The van der Waals surface area contributed by atoms with Crippen molar-refractivity contribution in [2.24, 2.45) is 0 Å². The molecular formula is C28H34N2O4. The molecule has 34 heavy (non-hydrogen) atoms. The molecule has 2 aromatic rings. The third kappa shape index (κ3) is 4.43. The summed E-state index contributed by atoms with van der Waals surface area (Å²) in [5.41, 5.74) is 2.34. The van der Waals surface area contributed by atoms with Gasteiger partial charge < -0.3 is 14.4 Å². The monoisotopic (exact) mass is 462 g/mol. The van der Waals surface area contributed by atoms with Crippen LogP contribution in [0, 0.1) is 6.92 Å². The van der Waals surface area contributed by atoms with Gasteiger partial charge in [0.25, 0.3) is 0 Å². The van der Waals surface area contributed by atoms with E-state index in [9.17, 15) is 9.59 Å². The van der Waals surface area contributed by atoms with Gasteiger partial charge in [0, 0.05) is 39.3 Å². The zero-order valence-corrected chi connectivity index (χ0v) is 20.0. The average Bonchev–Trinajstić information content (AvgIpc) is 3.02. The smallest absolute Gasteiger partial charge is 0.410 e. The van der Waals surface area contributed by atoms with E-state index in [1.807, 2.05) is 35.2 Å². The second kappa shape index (κ2) is 9.41. The highest BCUT2D eigenvalue weighted by Crippen LogP contribution is 2.39. The highest BCUT2D eigenvalue weighted by atomic mass is 16.6. The Kier molecular flexibility index (Phi) is 6.34. The van der Waals surface area contributed by atoms with E-state index in [-0.39, 0.29) is 12.0 Å². The van der Waals surface area contributed by atoms with Crippen LogP contribution in [0.15, 0.2) is 54.6 Å². The Labute approximate surface area is 201 Å². The maximum Gasteiger partial charge on any atom is 0.410 e. The standard InChI is InChI=1S/C28H34N2O4/c1-22-8-10-24(11-9-22)28(14-18-33-19-15-28)25(31)29-16-5-12-27(13-17-29)21-30(26(32)34-27)20-23-6-3-2-4-7-23/h2-4,6-11H,5,12-21H2,1H3/t27-/m1/s1. The van der Waals surface area contributed by atoms with Crippen molar-refractivity contribution in [1.29, 1.82) is 0 Å². The summed E-state index contributed by atoms with van der Waals surface area (Å²) in [6.45, 7) is 5.72. The van der Waals surface area contributed by atoms with Gasteiger partial charge >= 0.3 is 6.09 Å². The Bertz CT molecular complexity index is 1020. The first-order valence-corrected chi connectivity index (χ1v) is 12.5. The van der Waals surface area contributed by atoms with Gasteiger partial charge in [-0.3, -0.25) is 9.69 Å². The van der Waals surface area contributed by atoms with Crippen LogP contribution in [0.25, 0.3) is 0 Å². The molecular weight excluding hydrogens is 428 g/mol. The number of nitrogens with zero attached hydrogens (tertiary/aromatic N) is 2. The van der Waals surface area contributed by atoms with Crippen LogP contribution in [0.3, 0.4) is 0 Å². The van der Waals surface area contributed by atoms with Crippen molar-refractivity contribution in [2.45, 2.75) is 56.6 Å². The van der Waals surface area contributed by atoms with Crippen molar-refractivity contribution in [1.82, 2.24) is 9.80 Å². The number of hydrogen-bond acceptors (Lipinski definition) is 4. The number of carbonyl (C=O) groups is 2. The number of hydrogen-bond donors (Lipinski definition) is 0. The van der Waals surface area contributed by atoms with Crippen molar-refractivity contribution < 1.29 is 19.1 Å². The van der Waals surface area contributed by atoms with Crippen LogP contribution in [0.4, 0.5) is 4.79 Å². The first-order valence-electron chi connectivity index (χ1n) is 12.5. The molecule has 1 spiro atoms. The van der Waals surface area contributed by atoms with Gasteiger partial charge in [0.1, 0.15) is 5.60 Å². The highest BCUT2D eigenvalue weighted by molar-refractivity contribution is 5.88. The maximum absolute atomic E-state index is 14.0. The third-order valence-electron chi connectivity index (χ3n) is 7.80. The minimum Gasteiger partial charge on any atom is -0.441 e. The molecule has 3 saturated heterocycles. The van der Waals surface area contributed by atoms with E-state index in [1.165, 1.54) is 5.56 Å². The predicted octanol–water partition coefficient (Wildman–Crippen LogP) is 4.45. The molecule has 0 radical (unpaired) electrons. The van der Waals surface area contributed by atoms with Crippen molar-refractivity contribution in [3.63, 3.8) is 0 Å². The molecule has 3 aliphatic rings. The van der Waals surface area contributed by atoms with Gasteiger partial charge in [0.05, 0.1) is 12.0 Å². The summed E-state index contributed by atoms with van der Waals surface area (Å²) in [6.07, 6.45) is 3.46. The maximum atomic E-state index is 14.0. The number of aryl methyl sites for hydroxylation is 1. The van der Waals surface area contributed by atoms with Crippen LogP contribution in [-0.4, -0.2) is 60.2 Å². The van der Waals surface area contributed by atoms with Crippen LogP contribution >= 0.6 is 0 Å². The molecule has 180 valence electrons. The Balaban J connectivity index is 1.30. The Morgan fingerprint density at radius 2 is 1.68 bits per heavy atom. The van der Waals surface area contributed by atoms with E-state index in [0.29, 0.717) is 58.7 Å². The lowest BCUT2D eigenvalue weighted by molar-refractivity contribution is -0.141. The summed E-state index contributed by atoms with van der Waals surface area (Å²) in [6, 6.07) is 18.4. The van der Waals surface area contributed by atoms with Crippen molar-refractivity contribution in [2.75, 3.05) is 32.8 Å². The number of benzene rings is 2. The summed E-state index contributed by atoms with van der Waals surface area (Å²) >= 11 is 0. The molecule has 2 aromatic carbocycles. The summed E-state index contributed by atoms with van der Waals surface area (Å²) in [4.78, 5) is 30.6. The van der Waals surface area contributed by atoms with E-state index in [0.717, 1.165) is 24.0 Å². The first-order chi connectivity index (χ1) is 16.5. The Morgan fingerprint density at radius 1 is 0.941 bits per heavy atom. The van der Waals surface area contributed by atoms with E-state index in [2.05, 4.69) is 31.2 Å². The molecule has 3 heterocycles. The zero-order valence-electron chi connectivity index (χ0n) is 20.0. The van der Waals surface area contributed by atoms with Gasteiger partial charge in [0.15, 0.2) is 0 Å². The van der Waals surface area contributed by atoms with Gasteiger partial charge in [-0.25, -0.2) is 4.79 Å². The molecule has 0 saturated carbocycles. The number of carbonyl (C=O) groups excluding carboxylic acids is 2. The molecule has 6 heteroatoms. The number of rotatable bonds is 4. The predicted molar refractivity (Wildman–Crippen MR) is 129 cm³/mol. The number of likely N-dealkylation sites (tertiary alicyclic amines) is 1. The summed E-state index contributed by atoms with van der Waals surface area (Å²) in [7, 11) is 0. The number of amides is 2. The summed E-state index contributed by atoms with van der Waals surface area (Å²) in [5.74, 6) is 0.196. The highest BCUT2D eigenvalue weighted by Gasteiger charge is 2.49. The molecule has 0 aromatic heterocycles. The van der Waals surface area contributed by atoms with Crippen molar-refractivity contribution in [3.8, 4) is 0 Å². The molecule has 0 unspecified atom stereocenters. The molecule has 1 atom stereocenters. The van der Waals surface area contributed by atoms with E-state index < -0.39 is 11.0 Å². The fourth-order valence-corrected chi connectivity index (χ4v) is 5.77. The largest absolute Gasteiger partial charge is 0.441 e. The van der Waals surface area contributed by atoms with E-state index >= 15 is 0 Å². The summed E-state index contributed by atoms with van der Waals surface area (Å²) in [5, 5.41) is 0. The van der Waals surface area contributed by atoms with Crippen molar-refractivity contribution >= 4 is 12.0 Å². The Hall–Kier alpha value is -2.86. The lowest BCUT2D eigenvalue weighted by Gasteiger charge is -2.40. The minimum absolute atomic E-state index is 0.196. The van der Waals surface area contributed by atoms with Crippen LogP contribution in [0.1, 0.15) is 48.8 Å². The van der Waals surface area contributed by atoms with Gasteiger partial charge in [-0.2, -0.15) is 0 Å². The molecule has 6 nitrogen and oxygen atoms in total. The van der Waals surface area contributed by atoms with Crippen LogP contribution in [0.2, 0.25) is 0 Å². The van der Waals surface area contributed by atoms with E-state index in [4.69, 9.17) is 9.47 Å². The van der Waals surface area contributed by atoms with Crippen LogP contribution in [0.5, 0.6) is 0 Å². The third-order valence-corrected chi connectivity index (χ3v) is 7.80. The normalized spacial score (nSPS) is 24.7. The van der Waals surface area contributed by atoms with E-state index in [1.54, 1.807) is 4.90 Å². The average molecular weight is 463 g/mol. The van der Waals surface area contributed by atoms with Gasteiger partial charge in [0.2, 0.25) is 5.91 Å². The minimum atomic E-state index is -0.533. The SMILES string of the molecule is Cc1ccc(C2(C(=O)N3CCC[C@@]4(CC3)CN(Cc3ccccc3)C(=O)O4)CCOCC2)cc1. The molecule has 2 amide bonds. The van der Waals surface area contributed by atoms with Crippen molar-refractivity contribution in [3.05, 3.63) is 71.3 Å². The second-order valence-electron chi connectivity index (χ2n) is 10.1. The summed E-state index contributed by atoms with van der Waals surface area (Å²) < 4.78 is 11.6. The Morgan fingerprint density at radius 3 is 2.41 bits per heavy atom. The van der Waals surface area contributed by atoms with Gasteiger partial charge in [-0.1, -0.05) is 60.2 Å². The lowest BCUT2D eigenvalue weighted by Crippen LogP contribution is -2.50. The molecule has 3 fully saturated rings. The van der Waals surface area contributed by atoms with Gasteiger partial charge in [-0.05, 0) is 43.7 Å². The molecule has 0 aliphatic carbocycles. The fraction of sp³-hybridized carbons (Fsp3) is 0.500. The molecule has 0 N–H and O–H groups in total. The first kappa shape index (κ1) is 22.9. The quantitative estimate of drug-likeness (QED) is 0.674. The van der Waals surface area contributed by atoms with Gasteiger partial charge in [-0.15, -0.1) is 0 Å². The number of ether oxygens (including phenoxy) is 2. The lowest BCUT2D eigenvalue weighted by atomic mass is 9.72. The molecule has 0 bridgehead atoms. The molecule has 3 aliphatic heterocycles. The van der Waals surface area contributed by atoms with Crippen LogP contribution < -0.4 is 0 Å². The fourth-order valence-electron chi connectivity index (χ4n) is 5.77. The molecule has 5 rings (SSSR count).